The molecule has 0 aliphatic heterocycles. The van der Waals surface area contributed by atoms with Gasteiger partial charge in [0.2, 0.25) is 0 Å². The average molecular weight is 261 g/mol. The number of rotatable bonds is 7. The Hall–Kier alpha value is -0.890. The van der Waals surface area contributed by atoms with E-state index in [4.69, 9.17) is 0 Å². The molecule has 1 aliphatic carbocycles. The van der Waals surface area contributed by atoms with Crippen LogP contribution in [0.2, 0.25) is 0 Å². The van der Waals surface area contributed by atoms with E-state index >= 15 is 0 Å². The Balaban J connectivity index is 1.55. The van der Waals surface area contributed by atoms with Gasteiger partial charge in [-0.1, -0.05) is 38.2 Å². The van der Waals surface area contributed by atoms with Crippen LogP contribution in [0.25, 0.3) is 0 Å². The van der Waals surface area contributed by atoms with Crippen molar-refractivity contribution in [2.75, 3.05) is 0 Å². The lowest BCUT2D eigenvalue weighted by Gasteiger charge is -2.22. The molecular formula is C17H27NO. The van der Waals surface area contributed by atoms with Gasteiger partial charge in [0.1, 0.15) is 0 Å². The van der Waals surface area contributed by atoms with Gasteiger partial charge >= 0.3 is 0 Å². The zero-order chi connectivity index (χ0) is 13.3. The van der Waals surface area contributed by atoms with Crippen molar-refractivity contribution in [3.8, 4) is 0 Å². The standard InChI is InChI=1S/C17H27NO/c19-17(13-12-15-7-2-1-3-8-15)11-6-10-16-9-4-5-14-18-16/h4-5,9,14-15,17,19H,1-3,6-8,10-13H2/t17-/m0/s1. The lowest BCUT2D eigenvalue weighted by molar-refractivity contribution is 0.138. The van der Waals surface area contributed by atoms with Gasteiger partial charge in [-0.3, -0.25) is 4.98 Å². The second-order valence-electron chi connectivity index (χ2n) is 5.95. The van der Waals surface area contributed by atoms with Gasteiger partial charge in [-0.05, 0) is 50.2 Å². The summed E-state index contributed by atoms with van der Waals surface area (Å²) in [7, 11) is 0. The monoisotopic (exact) mass is 261 g/mol. The smallest absolute Gasteiger partial charge is 0.0540 e. The van der Waals surface area contributed by atoms with Crippen LogP contribution in [-0.2, 0) is 6.42 Å². The Labute approximate surface area is 117 Å². The summed E-state index contributed by atoms with van der Waals surface area (Å²) >= 11 is 0. The van der Waals surface area contributed by atoms with Crippen molar-refractivity contribution in [3.05, 3.63) is 30.1 Å². The summed E-state index contributed by atoms with van der Waals surface area (Å²) in [5.41, 5.74) is 1.14. The van der Waals surface area contributed by atoms with Crippen LogP contribution < -0.4 is 0 Å². The van der Waals surface area contributed by atoms with E-state index < -0.39 is 0 Å². The molecule has 1 aliphatic rings. The molecule has 1 saturated carbocycles. The molecule has 1 fully saturated rings. The fourth-order valence-corrected chi connectivity index (χ4v) is 3.11. The molecule has 0 bridgehead atoms. The summed E-state index contributed by atoms with van der Waals surface area (Å²) in [6.45, 7) is 0. The zero-order valence-electron chi connectivity index (χ0n) is 11.9. The van der Waals surface area contributed by atoms with E-state index in [1.165, 1.54) is 38.5 Å². The third-order valence-electron chi connectivity index (χ3n) is 4.33. The van der Waals surface area contributed by atoms with Crippen LogP contribution in [0.3, 0.4) is 0 Å². The quantitative estimate of drug-likeness (QED) is 0.800. The SMILES string of the molecule is O[C@@H](CCCc1ccccn1)CCC1CCCCC1. The number of aliphatic hydroxyl groups excluding tert-OH is 1. The van der Waals surface area contributed by atoms with Gasteiger partial charge < -0.3 is 5.11 Å². The molecule has 0 saturated heterocycles. The van der Waals surface area contributed by atoms with Gasteiger partial charge in [-0.25, -0.2) is 0 Å². The largest absolute Gasteiger partial charge is 0.393 e. The fourth-order valence-electron chi connectivity index (χ4n) is 3.11. The molecule has 1 aromatic heterocycles. The van der Waals surface area contributed by atoms with Crippen molar-refractivity contribution in [1.29, 1.82) is 0 Å². The molecule has 1 heterocycles. The molecule has 2 heteroatoms. The predicted octanol–water partition coefficient (Wildman–Crippen LogP) is 4.13. The second-order valence-corrected chi connectivity index (χ2v) is 5.95. The number of hydrogen-bond acceptors (Lipinski definition) is 2. The van der Waals surface area contributed by atoms with Crippen molar-refractivity contribution in [1.82, 2.24) is 4.98 Å². The molecule has 1 atom stereocenters. The summed E-state index contributed by atoms with van der Waals surface area (Å²) < 4.78 is 0. The summed E-state index contributed by atoms with van der Waals surface area (Å²) in [6.07, 6.45) is 13.9. The topological polar surface area (TPSA) is 33.1 Å². The maximum atomic E-state index is 10.0. The number of pyridine rings is 1. The van der Waals surface area contributed by atoms with Crippen molar-refractivity contribution in [2.24, 2.45) is 5.92 Å². The van der Waals surface area contributed by atoms with E-state index in [-0.39, 0.29) is 6.10 Å². The molecule has 106 valence electrons. The van der Waals surface area contributed by atoms with Crippen molar-refractivity contribution >= 4 is 0 Å². The lowest BCUT2D eigenvalue weighted by Crippen LogP contribution is -2.12. The van der Waals surface area contributed by atoms with Crippen LogP contribution in [-0.4, -0.2) is 16.2 Å². The molecule has 0 unspecified atom stereocenters. The highest BCUT2D eigenvalue weighted by Gasteiger charge is 2.15. The normalized spacial score (nSPS) is 18.4. The number of aryl methyl sites for hydroxylation is 1. The van der Waals surface area contributed by atoms with Gasteiger partial charge in [-0.15, -0.1) is 0 Å². The Morgan fingerprint density at radius 1 is 1.16 bits per heavy atom. The van der Waals surface area contributed by atoms with E-state index in [0.717, 1.165) is 37.3 Å². The predicted molar refractivity (Wildman–Crippen MR) is 79.0 cm³/mol. The summed E-state index contributed by atoms with van der Waals surface area (Å²) in [6, 6.07) is 6.04. The summed E-state index contributed by atoms with van der Waals surface area (Å²) in [5.74, 6) is 0.888. The van der Waals surface area contributed by atoms with Gasteiger partial charge in [0, 0.05) is 11.9 Å². The molecule has 1 N–H and O–H groups in total. The number of aliphatic hydroxyl groups is 1. The molecule has 0 radical (unpaired) electrons. The highest BCUT2D eigenvalue weighted by molar-refractivity contribution is 5.03. The van der Waals surface area contributed by atoms with Crippen molar-refractivity contribution in [2.45, 2.75) is 70.3 Å². The molecule has 19 heavy (non-hydrogen) atoms. The first kappa shape index (κ1) is 14.5. The van der Waals surface area contributed by atoms with Crippen molar-refractivity contribution < 1.29 is 5.11 Å². The van der Waals surface area contributed by atoms with E-state index in [0.29, 0.717) is 0 Å². The van der Waals surface area contributed by atoms with E-state index in [1.807, 2.05) is 18.3 Å². The highest BCUT2D eigenvalue weighted by Crippen LogP contribution is 2.28. The first-order valence-corrected chi connectivity index (χ1v) is 7.92. The molecule has 2 nitrogen and oxygen atoms in total. The Kier molecular flexibility index (Phi) is 6.35. The molecular weight excluding hydrogens is 234 g/mol. The van der Waals surface area contributed by atoms with E-state index in [1.54, 1.807) is 0 Å². The van der Waals surface area contributed by atoms with E-state index in [9.17, 15) is 5.11 Å². The second kappa shape index (κ2) is 8.31. The third-order valence-corrected chi connectivity index (χ3v) is 4.33. The molecule has 2 rings (SSSR count). The maximum absolute atomic E-state index is 10.0. The maximum Gasteiger partial charge on any atom is 0.0540 e. The number of nitrogens with zero attached hydrogens (tertiary/aromatic N) is 1. The minimum absolute atomic E-state index is 0.106. The molecule has 0 spiro atoms. The van der Waals surface area contributed by atoms with Crippen LogP contribution in [0.4, 0.5) is 0 Å². The number of aromatic nitrogens is 1. The lowest BCUT2D eigenvalue weighted by atomic mass is 9.85. The first-order valence-electron chi connectivity index (χ1n) is 7.92. The Morgan fingerprint density at radius 2 is 2.00 bits per heavy atom. The van der Waals surface area contributed by atoms with Crippen LogP contribution in [0.5, 0.6) is 0 Å². The van der Waals surface area contributed by atoms with Crippen molar-refractivity contribution in [3.63, 3.8) is 0 Å². The van der Waals surface area contributed by atoms with Gasteiger partial charge in [0.25, 0.3) is 0 Å². The molecule has 1 aromatic rings. The van der Waals surface area contributed by atoms with Gasteiger partial charge in [-0.2, -0.15) is 0 Å². The summed E-state index contributed by atoms with van der Waals surface area (Å²) in [5, 5.41) is 10.0. The minimum Gasteiger partial charge on any atom is -0.393 e. The third kappa shape index (κ3) is 5.73. The van der Waals surface area contributed by atoms with Crippen LogP contribution >= 0.6 is 0 Å². The zero-order valence-corrected chi connectivity index (χ0v) is 11.9. The van der Waals surface area contributed by atoms with Gasteiger partial charge in [0.05, 0.1) is 6.10 Å². The first-order chi connectivity index (χ1) is 9.34. The van der Waals surface area contributed by atoms with Gasteiger partial charge in [0.15, 0.2) is 0 Å². The fraction of sp³-hybridized carbons (Fsp3) is 0.706. The van der Waals surface area contributed by atoms with Crippen LogP contribution in [0, 0.1) is 5.92 Å². The summed E-state index contributed by atoms with van der Waals surface area (Å²) in [4.78, 5) is 4.31. The Bertz CT molecular complexity index is 332. The minimum atomic E-state index is -0.106. The van der Waals surface area contributed by atoms with E-state index in [2.05, 4.69) is 11.1 Å². The highest BCUT2D eigenvalue weighted by atomic mass is 16.3. The van der Waals surface area contributed by atoms with Crippen LogP contribution in [0.1, 0.15) is 63.5 Å². The molecule has 0 amide bonds. The number of hydrogen-bond donors (Lipinski definition) is 1. The van der Waals surface area contributed by atoms with Crippen LogP contribution in [0.15, 0.2) is 24.4 Å². The average Bonchev–Trinajstić information content (AvgIpc) is 2.47. The Morgan fingerprint density at radius 3 is 2.74 bits per heavy atom. The molecule has 0 aromatic carbocycles.